The Kier molecular flexibility index (Phi) is 5.64. The molecule has 26 heavy (non-hydrogen) atoms. The minimum Gasteiger partial charge on any atom is -0.380 e. The number of benzene rings is 2. The van der Waals surface area contributed by atoms with E-state index in [4.69, 9.17) is 0 Å². The summed E-state index contributed by atoms with van der Waals surface area (Å²) in [4.78, 5) is 18.6. The highest BCUT2D eigenvalue weighted by Crippen LogP contribution is 2.14. The number of pyridine rings is 1. The van der Waals surface area contributed by atoms with Gasteiger partial charge in [-0.05, 0) is 24.1 Å². The van der Waals surface area contributed by atoms with E-state index in [1.165, 1.54) is 11.1 Å². The van der Waals surface area contributed by atoms with Gasteiger partial charge in [0.15, 0.2) is 0 Å². The Bertz CT molecular complexity index is 860. The van der Waals surface area contributed by atoms with Gasteiger partial charge in [0, 0.05) is 32.5 Å². The van der Waals surface area contributed by atoms with Crippen LogP contribution in [0.25, 0.3) is 0 Å². The van der Waals surface area contributed by atoms with Crippen molar-refractivity contribution in [3.8, 4) is 0 Å². The molecule has 2 aromatic carbocycles. The normalized spacial score (nSPS) is 10.4. The van der Waals surface area contributed by atoms with Crippen LogP contribution in [0.5, 0.6) is 0 Å². The molecule has 0 aliphatic rings. The van der Waals surface area contributed by atoms with E-state index in [2.05, 4.69) is 41.5 Å². The highest BCUT2D eigenvalue weighted by atomic mass is 16.2. The van der Waals surface area contributed by atoms with Crippen molar-refractivity contribution in [2.24, 2.45) is 0 Å². The van der Waals surface area contributed by atoms with E-state index in [1.807, 2.05) is 43.4 Å². The molecule has 3 aromatic rings. The number of anilines is 1. The van der Waals surface area contributed by atoms with Crippen LogP contribution < -0.4 is 5.32 Å². The van der Waals surface area contributed by atoms with Crippen LogP contribution in [0, 0.1) is 6.92 Å². The first-order chi connectivity index (χ1) is 12.6. The van der Waals surface area contributed by atoms with Crippen molar-refractivity contribution in [2.75, 3.05) is 12.4 Å². The van der Waals surface area contributed by atoms with Gasteiger partial charge in [0.1, 0.15) is 0 Å². The van der Waals surface area contributed by atoms with Gasteiger partial charge in [-0.2, -0.15) is 0 Å². The predicted molar refractivity (Wildman–Crippen MR) is 105 cm³/mol. The number of carbonyl (C=O) groups excluding carboxylic acids is 1. The van der Waals surface area contributed by atoms with Crippen molar-refractivity contribution in [1.29, 1.82) is 0 Å². The summed E-state index contributed by atoms with van der Waals surface area (Å²) in [5, 5.41) is 3.33. The van der Waals surface area contributed by atoms with Crippen LogP contribution in [0.4, 0.5) is 5.69 Å². The number of rotatable bonds is 6. The summed E-state index contributed by atoms with van der Waals surface area (Å²) >= 11 is 0. The number of aryl methyl sites for hydroxylation is 1. The molecular formula is C22H23N3O. The van der Waals surface area contributed by atoms with Crippen LogP contribution in [0.2, 0.25) is 0 Å². The van der Waals surface area contributed by atoms with Crippen molar-refractivity contribution in [3.05, 3.63) is 95.3 Å². The molecule has 0 radical (unpaired) electrons. The summed E-state index contributed by atoms with van der Waals surface area (Å²) in [5.74, 6) is -0.0414. The molecule has 0 saturated carbocycles. The Hall–Kier alpha value is -3.14. The maximum atomic E-state index is 12.7. The zero-order chi connectivity index (χ0) is 18.4. The summed E-state index contributed by atoms with van der Waals surface area (Å²) in [6.07, 6.45) is 3.35. The Balaban J connectivity index is 1.64. The summed E-state index contributed by atoms with van der Waals surface area (Å²) in [7, 11) is 1.81. The SMILES string of the molecule is Cc1ccc(CNc2cncc(C(=O)N(C)Cc3ccccc3)c2)cc1. The van der Waals surface area contributed by atoms with Gasteiger partial charge in [0.05, 0.1) is 11.3 Å². The lowest BCUT2D eigenvalue weighted by atomic mass is 10.1. The van der Waals surface area contributed by atoms with Crippen molar-refractivity contribution >= 4 is 11.6 Å². The fourth-order valence-corrected chi connectivity index (χ4v) is 2.71. The first-order valence-corrected chi connectivity index (χ1v) is 8.65. The highest BCUT2D eigenvalue weighted by Gasteiger charge is 2.13. The lowest BCUT2D eigenvalue weighted by Gasteiger charge is -2.17. The van der Waals surface area contributed by atoms with Gasteiger partial charge in [-0.3, -0.25) is 9.78 Å². The maximum Gasteiger partial charge on any atom is 0.255 e. The molecule has 3 rings (SSSR count). The van der Waals surface area contributed by atoms with E-state index >= 15 is 0 Å². The monoisotopic (exact) mass is 345 g/mol. The molecule has 1 N–H and O–H groups in total. The summed E-state index contributed by atoms with van der Waals surface area (Å²) in [5.41, 5.74) is 4.95. The second-order valence-corrected chi connectivity index (χ2v) is 6.45. The van der Waals surface area contributed by atoms with Gasteiger partial charge in [0.25, 0.3) is 5.91 Å². The maximum absolute atomic E-state index is 12.7. The van der Waals surface area contributed by atoms with Gasteiger partial charge >= 0.3 is 0 Å². The van der Waals surface area contributed by atoms with Gasteiger partial charge in [0.2, 0.25) is 0 Å². The van der Waals surface area contributed by atoms with Crippen LogP contribution in [-0.4, -0.2) is 22.8 Å². The third kappa shape index (κ3) is 4.70. The van der Waals surface area contributed by atoms with Crippen LogP contribution in [0.3, 0.4) is 0 Å². The Labute approximate surface area is 154 Å². The van der Waals surface area contributed by atoms with Gasteiger partial charge in [-0.15, -0.1) is 0 Å². The van der Waals surface area contributed by atoms with Crippen molar-refractivity contribution in [1.82, 2.24) is 9.88 Å². The topological polar surface area (TPSA) is 45.2 Å². The first kappa shape index (κ1) is 17.7. The van der Waals surface area contributed by atoms with E-state index in [1.54, 1.807) is 17.3 Å². The Morgan fingerprint density at radius 3 is 2.46 bits per heavy atom. The van der Waals surface area contributed by atoms with E-state index in [0.717, 1.165) is 11.3 Å². The molecular weight excluding hydrogens is 322 g/mol. The van der Waals surface area contributed by atoms with Gasteiger partial charge in [-0.1, -0.05) is 60.2 Å². The molecule has 1 aromatic heterocycles. The van der Waals surface area contributed by atoms with Gasteiger partial charge in [-0.25, -0.2) is 0 Å². The van der Waals surface area contributed by atoms with Crippen LogP contribution in [0.1, 0.15) is 27.0 Å². The average molecular weight is 345 g/mol. The number of nitrogens with one attached hydrogen (secondary N) is 1. The van der Waals surface area contributed by atoms with Crippen LogP contribution in [-0.2, 0) is 13.1 Å². The molecule has 1 amide bonds. The fraction of sp³-hybridized carbons (Fsp3) is 0.182. The quantitative estimate of drug-likeness (QED) is 0.725. The third-order valence-electron chi connectivity index (χ3n) is 4.21. The standard InChI is InChI=1S/C22H23N3O/c1-17-8-10-18(11-9-17)13-24-21-12-20(14-23-15-21)22(26)25(2)16-19-6-4-3-5-7-19/h3-12,14-15,24H,13,16H2,1-2H3. The minimum absolute atomic E-state index is 0.0414. The first-order valence-electron chi connectivity index (χ1n) is 8.65. The number of aromatic nitrogens is 1. The van der Waals surface area contributed by atoms with E-state index < -0.39 is 0 Å². The van der Waals surface area contributed by atoms with Crippen molar-refractivity contribution in [3.63, 3.8) is 0 Å². The third-order valence-corrected chi connectivity index (χ3v) is 4.21. The Morgan fingerprint density at radius 1 is 1.00 bits per heavy atom. The molecule has 0 unspecified atom stereocenters. The number of nitrogens with zero attached hydrogens (tertiary/aromatic N) is 2. The van der Waals surface area contributed by atoms with E-state index in [0.29, 0.717) is 18.7 Å². The molecule has 1 heterocycles. The summed E-state index contributed by atoms with van der Waals surface area (Å²) < 4.78 is 0. The number of hydrogen-bond donors (Lipinski definition) is 1. The molecule has 4 heteroatoms. The summed E-state index contributed by atoms with van der Waals surface area (Å²) in [6.45, 7) is 3.34. The van der Waals surface area contributed by atoms with Crippen LogP contribution in [0.15, 0.2) is 73.1 Å². The fourth-order valence-electron chi connectivity index (χ4n) is 2.71. The predicted octanol–water partition coefficient (Wildman–Crippen LogP) is 4.27. The lowest BCUT2D eigenvalue weighted by molar-refractivity contribution is 0.0784. The molecule has 4 nitrogen and oxygen atoms in total. The molecule has 0 atom stereocenters. The molecule has 0 bridgehead atoms. The highest BCUT2D eigenvalue weighted by molar-refractivity contribution is 5.94. The minimum atomic E-state index is -0.0414. The molecule has 0 spiro atoms. The smallest absolute Gasteiger partial charge is 0.255 e. The molecule has 132 valence electrons. The molecule has 0 fully saturated rings. The summed E-state index contributed by atoms with van der Waals surface area (Å²) in [6, 6.07) is 20.2. The average Bonchev–Trinajstić information content (AvgIpc) is 2.68. The molecule has 0 aliphatic carbocycles. The second-order valence-electron chi connectivity index (χ2n) is 6.45. The van der Waals surface area contributed by atoms with E-state index in [-0.39, 0.29) is 5.91 Å². The number of hydrogen-bond acceptors (Lipinski definition) is 3. The zero-order valence-corrected chi connectivity index (χ0v) is 15.1. The van der Waals surface area contributed by atoms with Gasteiger partial charge < -0.3 is 10.2 Å². The largest absolute Gasteiger partial charge is 0.380 e. The van der Waals surface area contributed by atoms with Crippen molar-refractivity contribution < 1.29 is 4.79 Å². The van der Waals surface area contributed by atoms with Crippen LogP contribution >= 0.6 is 0 Å². The zero-order valence-electron chi connectivity index (χ0n) is 15.1. The lowest BCUT2D eigenvalue weighted by Crippen LogP contribution is -2.26. The number of carbonyl (C=O) groups is 1. The Morgan fingerprint density at radius 2 is 1.73 bits per heavy atom. The second kappa shape index (κ2) is 8.30. The molecule has 0 aliphatic heterocycles. The molecule has 0 saturated heterocycles. The number of amides is 1. The van der Waals surface area contributed by atoms with Crippen molar-refractivity contribution in [2.45, 2.75) is 20.0 Å². The van der Waals surface area contributed by atoms with E-state index in [9.17, 15) is 4.79 Å².